The first kappa shape index (κ1) is 13.5. The van der Waals surface area contributed by atoms with E-state index in [4.69, 9.17) is 4.74 Å². The SMILES string of the molecule is CCCCC(C)C(C)(C)C(=O)OCC. The molecule has 0 saturated heterocycles. The Hall–Kier alpha value is -0.530. The fourth-order valence-corrected chi connectivity index (χ4v) is 1.39. The molecule has 0 aromatic carbocycles. The van der Waals surface area contributed by atoms with Crippen LogP contribution in [0.1, 0.15) is 53.9 Å². The van der Waals surface area contributed by atoms with Gasteiger partial charge in [0.05, 0.1) is 12.0 Å². The van der Waals surface area contributed by atoms with Gasteiger partial charge in [-0.25, -0.2) is 0 Å². The summed E-state index contributed by atoms with van der Waals surface area (Å²) in [5.74, 6) is 0.324. The van der Waals surface area contributed by atoms with Gasteiger partial charge in [-0.05, 0) is 33.1 Å². The van der Waals surface area contributed by atoms with Gasteiger partial charge >= 0.3 is 5.97 Å². The van der Waals surface area contributed by atoms with E-state index in [1.54, 1.807) is 0 Å². The molecular weight excluding hydrogens is 176 g/mol. The van der Waals surface area contributed by atoms with Crippen molar-refractivity contribution in [1.29, 1.82) is 0 Å². The molecule has 0 saturated carbocycles. The second-order valence-corrected chi connectivity index (χ2v) is 4.49. The Balaban J connectivity index is 4.20. The van der Waals surface area contributed by atoms with Crippen molar-refractivity contribution in [3.8, 4) is 0 Å². The number of hydrogen-bond acceptors (Lipinski definition) is 2. The Morgan fingerprint density at radius 3 is 2.36 bits per heavy atom. The van der Waals surface area contributed by atoms with Crippen LogP contribution in [0.3, 0.4) is 0 Å². The third kappa shape index (κ3) is 3.69. The maximum absolute atomic E-state index is 11.6. The molecule has 0 aliphatic rings. The normalized spacial score (nSPS) is 13.8. The Kier molecular flexibility index (Phi) is 5.82. The summed E-state index contributed by atoms with van der Waals surface area (Å²) < 4.78 is 5.07. The van der Waals surface area contributed by atoms with Crippen molar-refractivity contribution in [2.24, 2.45) is 11.3 Å². The van der Waals surface area contributed by atoms with Crippen LogP contribution in [-0.2, 0) is 9.53 Å². The predicted octanol–water partition coefficient (Wildman–Crippen LogP) is 3.40. The summed E-state index contributed by atoms with van der Waals surface area (Å²) in [5.41, 5.74) is -0.342. The van der Waals surface area contributed by atoms with E-state index in [1.807, 2.05) is 20.8 Å². The zero-order valence-corrected chi connectivity index (χ0v) is 10.2. The van der Waals surface area contributed by atoms with Crippen LogP contribution in [-0.4, -0.2) is 12.6 Å². The Bertz CT molecular complexity index is 173. The molecule has 0 aliphatic carbocycles. The molecule has 14 heavy (non-hydrogen) atoms. The monoisotopic (exact) mass is 200 g/mol. The van der Waals surface area contributed by atoms with Gasteiger partial charge in [0, 0.05) is 0 Å². The van der Waals surface area contributed by atoms with E-state index in [9.17, 15) is 4.79 Å². The lowest BCUT2D eigenvalue weighted by molar-refractivity contribution is -0.156. The Labute approximate surface area is 88.0 Å². The first-order valence-corrected chi connectivity index (χ1v) is 5.64. The maximum atomic E-state index is 11.6. The van der Waals surface area contributed by atoms with Crippen LogP contribution in [0.15, 0.2) is 0 Å². The highest BCUT2D eigenvalue weighted by Gasteiger charge is 2.34. The Morgan fingerprint density at radius 2 is 1.93 bits per heavy atom. The minimum absolute atomic E-state index is 0.0661. The van der Waals surface area contributed by atoms with Gasteiger partial charge in [0.1, 0.15) is 0 Å². The summed E-state index contributed by atoms with van der Waals surface area (Å²) in [6.07, 6.45) is 3.47. The van der Waals surface area contributed by atoms with Crippen molar-refractivity contribution in [1.82, 2.24) is 0 Å². The molecule has 0 amide bonds. The largest absolute Gasteiger partial charge is 0.466 e. The van der Waals surface area contributed by atoms with Crippen molar-refractivity contribution < 1.29 is 9.53 Å². The van der Waals surface area contributed by atoms with Crippen molar-refractivity contribution in [3.63, 3.8) is 0 Å². The average Bonchev–Trinajstić information content (AvgIpc) is 2.14. The van der Waals surface area contributed by atoms with Crippen molar-refractivity contribution in [3.05, 3.63) is 0 Å². The van der Waals surface area contributed by atoms with Gasteiger partial charge in [-0.1, -0.05) is 26.7 Å². The van der Waals surface area contributed by atoms with E-state index in [0.717, 1.165) is 6.42 Å². The number of unbranched alkanes of at least 4 members (excludes halogenated alkanes) is 1. The predicted molar refractivity (Wildman–Crippen MR) is 59.1 cm³/mol. The van der Waals surface area contributed by atoms with Gasteiger partial charge in [-0.3, -0.25) is 4.79 Å². The van der Waals surface area contributed by atoms with Crippen molar-refractivity contribution in [2.45, 2.75) is 53.9 Å². The van der Waals surface area contributed by atoms with Gasteiger partial charge < -0.3 is 4.74 Å². The summed E-state index contributed by atoms with van der Waals surface area (Å²) in [4.78, 5) is 11.6. The molecule has 0 fully saturated rings. The zero-order chi connectivity index (χ0) is 11.2. The molecule has 0 heterocycles. The molecule has 1 unspecified atom stereocenters. The van der Waals surface area contributed by atoms with Crippen LogP contribution in [0.25, 0.3) is 0 Å². The lowest BCUT2D eigenvalue weighted by Gasteiger charge is -2.29. The van der Waals surface area contributed by atoms with Crippen LogP contribution in [0.4, 0.5) is 0 Å². The Morgan fingerprint density at radius 1 is 1.36 bits per heavy atom. The van der Waals surface area contributed by atoms with Gasteiger partial charge in [0.25, 0.3) is 0 Å². The number of carbonyl (C=O) groups excluding carboxylic acids is 1. The number of carbonyl (C=O) groups is 1. The average molecular weight is 200 g/mol. The molecule has 1 atom stereocenters. The second-order valence-electron chi connectivity index (χ2n) is 4.49. The van der Waals surface area contributed by atoms with Crippen LogP contribution in [0, 0.1) is 11.3 Å². The van der Waals surface area contributed by atoms with E-state index in [2.05, 4.69) is 13.8 Å². The molecule has 0 aromatic rings. The standard InChI is InChI=1S/C12H24O2/c1-6-8-9-10(3)12(4,5)11(13)14-7-2/h10H,6-9H2,1-5H3. The van der Waals surface area contributed by atoms with E-state index >= 15 is 0 Å². The molecule has 0 bridgehead atoms. The fourth-order valence-electron chi connectivity index (χ4n) is 1.39. The van der Waals surface area contributed by atoms with Gasteiger partial charge in [0.2, 0.25) is 0 Å². The first-order valence-electron chi connectivity index (χ1n) is 5.64. The molecular formula is C12H24O2. The van der Waals surface area contributed by atoms with Gasteiger partial charge in [-0.15, -0.1) is 0 Å². The summed E-state index contributed by atoms with van der Waals surface area (Å²) >= 11 is 0. The van der Waals surface area contributed by atoms with Crippen molar-refractivity contribution in [2.75, 3.05) is 6.61 Å². The maximum Gasteiger partial charge on any atom is 0.311 e. The van der Waals surface area contributed by atoms with Crippen LogP contribution in [0.5, 0.6) is 0 Å². The number of hydrogen-bond donors (Lipinski definition) is 0. The summed E-state index contributed by atoms with van der Waals surface area (Å²) in [6, 6.07) is 0. The molecule has 0 radical (unpaired) electrons. The van der Waals surface area contributed by atoms with Crippen LogP contribution < -0.4 is 0 Å². The molecule has 0 aromatic heterocycles. The van der Waals surface area contributed by atoms with Crippen molar-refractivity contribution >= 4 is 5.97 Å². The lowest BCUT2D eigenvalue weighted by Crippen LogP contribution is -2.33. The molecule has 84 valence electrons. The van der Waals surface area contributed by atoms with Crippen LogP contribution >= 0.6 is 0 Å². The highest BCUT2D eigenvalue weighted by atomic mass is 16.5. The number of ether oxygens (including phenoxy) is 1. The molecule has 0 aliphatic heterocycles. The fraction of sp³-hybridized carbons (Fsp3) is 0.917. The lowest BCUT2D eigenvalue weighted by atomic mass is 9.77. The molecule has 0 N–H and O–H groups in total. The number of esters is 1. The first-order chi connectivity index (χ1) is 6.46. The molecule has 0 rings (SSSR count). The zero-order valence-electron chi connectivity index (χ0n) is 10.2. The van der Waals surface area contributed by atoms with Gasteiger partial charge in [-0.2, -0.15) is 0 Å². The highest BCUT2D eigenvalue weighted by molar-refractivity contribution is 5.76. The molecule has 2 heteroatoms. The van der Waals surface area contributed by atoms with E-state index < -0.39 is 0 Å². The second kappa shape index (κ2) is 6.05. The van der Waals surface area contributed by atoms with E-state index in [-0.39, 0.29) is 11.4 Å². The topological polar surface area (TPSA) is 26.3 Å². The number of rotatable bonds is 6. The summed E-state index contributed by atoms with van der Waals surface area (Å²) in [6.45, 7) is 10.6. The van der Waals surface area contributed by atoms with E-state index in [1.165, 1.54) is 12.8 Å². The van der Waals surface area contributed by atoms with Gasteiger partial charge in [0.15, 0.2) is 0 Å². The van der Waals surface area contributed by atoms with Crippen LogP contribution in [0.2, 0.25) is 0 Å². The summed E-state index contributed by atoms with van der Waals surface area (Å²) in [7, 11) is 0. The quantitative estimate of drug-likeness (QED) is 0.614. The van der Waals surface area contributed by atoms with E-state index in [0.29, 0.717) is 12.5 Å². The smallest absolute Gasteiger partial charge is 0.311 e. The molecule has 2 nitrogen and oxygen atoms in total. The molecule has 0 spiro atoms. The summed E-state index contributed by atoms with van der Waals surface area (Å²) in [5, 5.41) is 0. The minimum Gasteiger partial charge on any atom is -0.466 e. The third-order valence-corrected chi connectivity index (χ3v) is 3.02. The minimum atomic E-state index is -0.342. The third-order valence-electron chi connectivity index (χ3n) is 3.02. The highest BCUT2D eigenvalue weighted by Crippen LogP contribution is 2.31.